The van der Waals surface area contributed by atoms with E-state index in [1.807, 2.05) is 0 Å². The summed E-state index contributed by atoms with van der Waals surface area (Å²) in [5.74, 6) is -2.14. The fourth-order valence-electron chi connectivity index (χ4n) is 1.16. The van der Waals surface area contributed by atoms with Crippen molar-refractivity contribution in [1.29, 1.82) is 0 Å². The average Bonchev–Trinajstić information content (AvgIpc) is 2.11. The van der Waals surface area contributed by atoms with Crippen LogP contribution in [-0.4, -0.2) is 35.0 Å². The SMILES string of the molecule is CC(=O)NC(C)C(=O)NC(C(=O)O)C(C)C. The van der Waals surface area contributed by atoms with E-state index in [2.05, 4.69) is 10.6 Å². The Labute approximate surface area is 94.4 Å². The second-order valence-electron chi connectivity index (χ2n) is 3.99. The molecule has 0 bridgehead atoms. The average molecular weight is 230 g/mol. The van der Waals surface area contributed by atoms with E-state index in [1.54, 1.807) is 13.8 Å². The Hall–Kier alpha value is -1.59. The third-order valence-corrected chi connectivity index (χ3v) is 2.04. The Morgan fingerprint density at radius 3 is 1.88 bits per heavy atom. The molecule has 6 heteroatoms. The molecule has 2 amide bonds. The van der Waals surface area contributed by atoms with Crippen molar-refractivity contribution >= 4 is 17.8 Å². The number of carbonyl (C=O) groups excluding carboxylic acids is 2. The van der Waals surface area contributed by atoms with Gasteiger partial charge in [-0.15, -0.1) is 0 Å². The van der Waals surface area contributed by atoms with Crippen LogP contribution in [0.3, 0.4) is 0 Å². The zero-order valence-electron chi connectivity index (χ0n) is 9.90. The molecule has 3 N–H and O–H groups in total. The van der Waals surface area contributed by atoms with Crippen LogP contribution in [0.1, 0.15) is 27.7 Å². The molecule has 0 spiro atoms. The molecule has 6 nitrogen and oxygen atoms in total. The second kappa shape index (κ2) is 6.09. The molecule has 0 aromatic heterocycles. The summed E-state index contributed by atoms with van der Waals surface area (Å²) in [6, 6.07) is -1.68. The summed E-state index contributed by atoms with van der Waals surface area (Å²) in [6.07, 6.45) is 0. The van der Waals surface area contributed by atoms with Crippen molar-refractivity contribution < 1.29 is 19.5 Å². The number of rotatable bonds is 5. The van der Waals surface area contributed by atoms with Crippen LogP contribution < -0.4 is 10.6 Å². The Kier molecular flexibility index (Phi) is 5.49. The molecule has 0 saturated heterocycles. The van der Waals surface area contributed by atoms with Gasteiger partial charge in [0.15, 0.2) is 0 Å². The summed E-state index contributed by atoms with van der Waals surface area (Å²) in [4.78, 5) is 33.0. The highest BCUT2D eigenvalue weighted by Gasteiger charge is 2.25. The predicted molar refractivity (Wildman–Crippen MR) is 57.7 cm³/mol. The Morgan fingerprint density at radius 1 is 1.06 bits per heavy atom. The minimum Gasteiger partial charge on any atom is -0.480 e. The van der Waals surface area contributed by atoms with Crippen molar-refractivity contribution in [3.05, 3.63) is 0 Å². The van der Waals surface area contributed by atoms with E-state index < -0.39 is 24.0 Å². The van der Waals surface area contributed by atoms with Crippen molar-refractivity contribution in [3.63, 3.8) is 0 Å². The zero-order valence-corrected chi connectivity index (χ0v) is 9.90. The van der Waals surface area contributed by atoms with Crippen molar-refractivity contribution in [3.8, 4) is 0 Å². The predicted octanol–water partition coefficient (Wildman–Crippen LogP) is -0.264. The van der Waals surface area contributed by atoms with Crippen LogP contribution >= 0.6 is 0 Å². The van der Waals surface area contributed by atoms with Gasteiger partial charge in [-0.3, -0.25) is 9.59 Å². The molecule has 0 radical (unpaired) electrons. The van der Waals surface area contributed by atoms with Crippen LogP contribution in [0.2, 0.25) is 0 Å². The van der Waals surface area contributed by atoms with Gasteiger partial charge in [-0.05, 0) is 12.8 Å². The molecule has 0 heterocycles. The van der Waals surface area contributed by atoms with Crippen molar-refractivity contribution in [2.75, 3.05) is 0 Å². The van der Waals surface area contributed by atoms with Crippen LogP contribution in [0.4, 0.5) is 0 Å². The summed E-state index contributed by atoms with van der Waals surface area (Å²) in [5, 5.41) is 13.6. The van der Waals surface area contributed by atoms with Gasteiger partial charge in [0, 0.05) is 6.92 Å². The number of hydrogen-bond acceptors (Lipinski definition) is 3. The molecular formula is C10H18N2O4. The number of nitrogens with one attached hydrogen (secondary N) is 2. The maximum absolute atomic E-state index is 11.5. The van der Waals surface area contributed by atoms with E-state index in [0.29, 0.717) is 0 Å². The summed E-state index contributed by atoms with van der Waals surface area (Å²) >= 11 is 0. The molecule has 0 aliphatic rings. The van der Waals surface area contributed by atoms with Crippen LogP contribution in [0.5, 0.6) is 0 Å². The molecule has 0 aliphatic heterocycles. The number of aliphatic carboxylic acids is 1. The van der Waals surface area contributed by atoms with Gasteiger partial charge < -0.3 is 15.7 Å². The lowest BCUT2D eigenvalue weighted by molar-refractivity contribution is -0.143. The summed E-state index contributed by atoms with van der Waals surface area (Å²) < 4.78 is 0. The topological polar surface area (TPSA) is 95.5 Å². The summed E-state index contributed by atoms with van der Waals surface area (Å²) in [7, 11) is 0. The summed E-state index contributed by atoms with van der Waals surface area (Å²) in [5.41, 5.74) is 0. The number of hydrogen-bond donors (Lipinski definition) is 3. The van der Waals surface area contributed by atoms with E-state index in [-0.39, 0.29) is 11.8 Å². The van der Waals surface area contributed by atoms with Gasteiger partial charge in [0.1, 0.15) is 12.1 Å². The van der Waals surface area contributed by atoms with Gasteiger partial charge in [-0.25, -0.2) is 4.79 Å². The minimum absolute atomic E-state index is 0.217. The van der Waals surface area contributed by atoms with Gasteiger partial charge in [-0.1, -0.05) is 13.8 Å². The van der Waals surface area contributed by atoms with E-state index in [9.17, 15) is 14.4 Å². The normalized spacial score (nSPS) is 14.1. The first-order chi connectivity index (χ1) is 7.25. The third-order valence-electron chi connectivity index (χ3n) is 2.04. The first-order valence-electron chi connectivity index (χ1n) is 5.06. The van der Waals surface area contributed by atoms with Crippen molar-refractivity contribution in [2.24, 2.45) is 5.92 Å². The third kappa shape index (κ3) is 4.77. The Bertz CT molecular complexity index is 289. The van der Waals surface area contributed by atoms with Crippen LogP contribution in [0, 0.1) is 5.92 Å². The molecule has 0 aliphatic carbocycles. The highest BCUT2D eigenvalue weighted by molar-refractivity contribution is 5.89. The summed E-state index contributed by atoms with van der Waals surface area (Å²) in [6.45, 7) is 6.18. The maximum Gasteiger partial charge on any atom is 0.326 e. The molecule has 92 valence electrons. The highest BCUT2D eigenvalue weighted by Crippen LogP contribution is 2.02. The fourth-order valence-corrected chi connectivity index (χ4v) is 1.16. The van der Waals surface area contributed by atoms with Gasteiger partial charge in [-0.2, -0.15) is 0 Å². The standard InChI is InChI=1S/C10H18N2O4/c1-5(2)8(10(15)16)12-9(14)6(3)11-7(4)13/h5-6,8H,1-4H3,(H,11,13)(H,12,14)(H,15,16). The van der Waals surface area contributed by atoms with Crippen molar-refractivity contribution in [1.82, 2.24) is 10.6 Å². The van der Waals surface area contributed by atoms with Gasteiger partial charge in [0.05, 0.1) is 0 Å². The highest BCUT2D eigenvalue weighted by atomic mass is 16.4. The lowest BCUT2D eigenvalue weighted by atomic mass is 10.0. The fraction of sp³-hybridized carbons (Fsp3) is 0.700. The molecule has 0 aromatic rings. The van der Waals surface area contributed by atoms with E-state index >= 15 is 0 Å². The number of carboxylic acids is 1. The molecule has 0 rings (SSSR count). The number of carbonyl (C=O) groups is 3. The van der Waals surface area contributed by atoms with Gasteiger partial charge >= 0.3 is 5.97 Å². The van der Waals surface area contributed by atoms with Gasteiger partial charge in [0.25, 0.3) is 0 Å². The van der Waals surface area contributed by atoms with Crippen LogP contribution in [0.15, 0.2) is 0 Å². The molecular weight excluding hydrogens is 212 g/mol. The quantitative estimate of drug-likeness (QED) is 0.606. The Morgan fingerprint density at radius 2 is 1.56 bits per heavy atom. The largest absolute Gasteiger partial charge is 0.480 e. The first kappa shape index (κ1) is 14.4. The molecule has 2 unspecified atom stereocenters. The zero-order chi connectivity index (χ0) is 12.9. The van der Waals surface area contributed by atoms with Crippen molar-refractivity contribution in [2.45, 2.75) is 39.8 Å². The van der Waals surface area contributed by atoms with Crippen LogP contribution in [0.25, 0.3) is 0 Å². The van der Waals surface area contributed by atoms with E-state index in [4.69, 9.17) is 5.11 Å². The second-order valence-corrected chi connectivity index (χ2v) is 3.99. The maximum atomic E-state index is 11.5. The van der Waals surface area contributed by atoms with Crippen LogP contribution in [-0.2, 0) is 14.4 Å². The molecule has 2 atom stereocenters. The minimum atomic E-state index is -1.08. The monoisotopic (exact) mass is 230 g/mol. The lowest BCUT2D eigenvalue weighted by Gasteiger charge is -2.20. The first-order valence-corrected chi connectivity index (χ1v) is 5.06. The molecule has 0 aromatic carbocycles. The Balaban J connectivity index is 4.40. The lowest BCUT2D eigenvalue weighted by Crippen LogP contribution is -2.51. The van der Waals surface area contributed by atoms with Gasteiger partial charge in [0.2, 0.25) is 11.8 Å². The smallest absolute Gasteiger partial charge is 0.326 e. The van der Waals surface area contributed by atoms with E-state index in [1.165, 1.54) is 13.8 Å². The number of amides is 2. The number of carboxylic acid groups (broad SMARTS) is 1. The van der Waals surface area contributed by atoms with E-state index in [0.717, 1.165) is 0 Å². The molecule has 16 heavy (non-hydrogen) atoms. The molecule has 0 saturated carbocycles. The molecule has 0 fully saturated rings.